The van der Waals surface area contributed by atoms with Gasteiger partial charge in [0.1, 0.15) is 12.4 Å². The van der Waals surface area contributed by atoms with Crippen LogP contribution >= 0.6 is 12.2 Å². The quantitative estimate of drug-likeness (QED) is 0.870. The highest BCUT2D eigenvalue weighted by molar-refractivity contribution is 7.71. The van der Waals surface area contributed by atoms with Gasteiger partial charge in [-0.15, -0.1) is 0 Å². The van der Waals surface area contributed by atoms with Crippen molar-refractivity contribution >= 4 is 12.2 Å². The maximum Gasteiger partial charge on any atom is 0.231 e. The Hall–Kier alpha value is -2.02. The number of aromatic nitrogens is 3. The van der Waals surface area contributed by atoms with Crippen molar-refractivity contribution < 1.29 is 14.2 Å². The third-order valence-corrected chi connectivity index (χ3v) is 3.18. The minimum absolute atomic E-state index is 0.257. The van der Waals surface area contributed by atoms with E-state index in [0.29, 0.717) is 22.9 Å². The van der Waals surface area contributed by atoms with Crippen LogP contribution in [0.1, 0.15) is 12.7 Å². The predicted molar refractivity (Wildman–Crippen MR) is 70.0 cm³/mol. The van der Waals surface area contributed by atoms with E-state index < -0.39 is 0 Å². The summed E-state index contributed by atoms with van der Waals surface area (Å²) in [7, 11) is 0. The molecule has 7 heteroatoms. The first kappa shape index (κ1) is 12.0. The molecule has 0 fully saturated rings. The third-order valence-electron chi connectivity index (χ3n) is 2.87. The van der Waals surface area contributed by atoms with Gasteiger partial charge in [-0.2, -0.15) is 5.10 Å². The fourth-order valence-corrected chi connectivity index (χ4v) is 2.18. The maximum atomic E-state index is 5.69. The van der Waals surface area contributed by atoms with Gasteiger partial charge in [0.05, 0.1) is 0 Å². The SMILES string of the molecule is CCn1c(COc2ccc3c(c2)OCO3)n[nH]c1=S. The normalized spacial score (nSPS) is 12.7. The summed E-state index contributed by atoms with van der Waals surface area (Å²) in [6.07, 6.45) is 0. The van der Waals surface area contributed by atoms with Crippen LogP contribution in [0.4, 0.5) is 0 Å². The van der Waals surface area contributed by atoms with Crippen molar-refractivity contribution in [2.45, 2.75) is 20.1 Å². The number of benzene rings is 1. The third kappa shape index (κ3) is 2.28. The maximum absolute atomic E-state index is 5.69. The first-order valence-corrected chi connectivity index (χ1v) is 6.35. The van der Waals surface area contributed by atoms with E-state index in [-0.39, 0.29) is 6.79 Å². The Balaban J connectivity index is 1.74. The topological polar surface area (TPSA) is 61.3 Å². The lowest BCUT2D eigenvalue weighted by molar-refractivity contribution is 0.173. The molecule has 0 spiro atoms. The van der Waals surface area contributed by atoms with Crippen LogP contribution in [0.25, 0.3) is 0 Å². The van der Waals surface area contributed by atoms with Crippen LogP contribution < -0.4 is 14.2 Å². The number of aromatic amines is 1. The minimum Gasteiger partial charge on any atom is -0.485 e. The fourth-order valence-electron chi connectivity index (χ4n) is 1.90. The number of ether oxygens (including phenoxy) is 3. The molecule has 1 aliphatic rings. The van der Waals surface area contributed by atoms with Crippen molar-refractivity contribution in [1.29, 1.82) is 0 Å². The van der Waals surface area contributed by atoms with E-state index >= 15 is 0 Å². The van der Waals surface area contributed by atoms with Gasteiger partial charge in [-0.3, -0.25) is 5.10 Å². The second kappa shape index (κ2) is 4.93. The first-order chi connectivity index (χ1) is 9.28. The van der Waals surface area contributed by atoms with Gasteiger partial charge >= 0.3 is 0 Å². The zero-order valence-electron chi connectivity index (χ0n) is 10.4. The van der Waals surface area contributed by atoms with Crippen molar-refractivity contribution in [3.8, 4) is 17.2 Å². The summed E-state index contributed by atoms with van der Waals surface area (Å²) in [4.78, 5) is 0. The van der Waals surface area contributed by atoms with Crippen LogP contribution in [-0.2, 0) is 13.2 Å². The summed E-state index contributed by atoms with van der Waals surface area (Å²) >= 11 is 5.12. The van der Waals surface area contributed by atoms with E-state index in [0.717, 1.165) is 18.1 Å². The van der Waals surface area contributed by atoms with Crippen LogP contribution in [0.3, 0.4) is 0 Å². The zero-order valence-corrected chi connectivity index (χ0v) is 11.2. The van der Waals surface area contributed by atoms with Gasteiger partial charge in [-0.25, -0.2) is 0 Å². The van der Waals surface area contributed by atoms with Crippen molar-refractivity contribution in [1.82, 2.24) is 14.8 Å². The van der Waals surface area contributed by atoms with Gasteiger partial charge in [0.15, 0.2) is 22.1 Å². The molecule has 100 valence electrons. The summed E-state index contributed by atoms with van der Waals surface area (Å²) < 4.78 is 18.7. The lowest BCUT2D eigenvalue weighted by atomic mass is 10.3. The second-order valence-corrected chi connectivity index (χ2v) is 4.38. The fraction of sp³-hybridized carbons (Fsp3) is 0.333. The van der Waals surface area contributed by atoms with Crippen LogP contribution in [0, 0.1) is 4.77 Å². The molecule has 1 N–H and O–H groups in total. The lowest BCUT2D eigenvalue weighted by Crippen LogP contribution is -2.06. The molecule has 0 saturated carbocycles. The number of hydrogen-bond acceptors (Lipinski definition) is 5. The molecule has 1 aliphatic heterocycles. The number of hydrogen-bond donors (Lipinski definition) is 1. The smallest absolute Gasteiger partial charge is 0.231 e. The monoisotopic (exact) mass is 279 g/mol. The summed E-state index contributed by atoms with van der Waals surface area (Å²) in [6.45, 7) is 3.37. The average molecular weight is 279 g/mol. The van der Waals surface area contributed by atoms with Crippen LogP contribution in [0.15, 0.2) is 18.2 Å². The van der Waals surface area contributed by atoms with Crippen LogP contribution in [-0.4, -0.2) is 21.6 Å². The highest BCUT2D eigenvalue weighted by Crippen LogP contribution is 2.35. The van der Waals surface area contributed by atoms with Gasteiger partial charge in [-0.05, 0) is 31.3 Å². The Bertz CT molecular complexity index is 650. The molecule has 2 heterocycles. The number of nitrogens with zero attached hydrogens (tertiary/aromatic N) is 2. The second-order valence-electron chi connectivity index (χ2n) is 3.99. The Morgan fingerprint density at radius 2 is 2.26 bits per heavy atom. The van der Waals surface area contributed by atoms with Gasteiger partial charge in [0.25, 0.3) is 0 Å². The van der Waals surface area contributed by atoms with Crippen molar-refractivity contribution in [3.05, 3.63) is 28.8 Å². The summed E-state index contributed by atoms with van der Waals surface area (Å²) in [5.74, 6) is 2.92. The molecule has 19 heavy (non-hydrogen) atoms. The minimum atomic E-state index is 0.257. The van der Waals surface area contributed by atoms with Crippen molar-refractivity contribution in [2.75, 3.05) is 6.79 Å². The molecule has 6 nitrogen and oxygen atoms in total. The molecule has 0 atom stereocenters. The summed E-state index contributed by atoms with van der Waals surface area (Å²) in [6, 6.07) is 5.47. The molecule has 0 unspecified atom stereocenters. The molecule has 3 rings (SSSR count). The van der Waals surface area contributed by atoms with E-state index in [1.807, 2.05) is 23.6 Å². The van der Waals surface area contributed by atoms with Gasteiger partial charge < -0.3 is 18.8 Å². The Morgan fingerprint density at radius 1 is 1.42 bits per heavy atom. The van der Waals surface area contributed by atoms with Crippen molar-refractivity contribution in [2.24, 2.45) is 0 Å². The molecule has 0 aliphatic carbocycles. The highest BCUT2D eigenvalue weighted by atomic mass is 32.1. The Labute approximate surface area is 114 Å². The standard InChI is InChI=1S/C12H13N3O3S/c1-2-15-11(13-14-12(15)19)6-16-8-3-4-9-10(5-8)18-7-17-9/h3-5H,2,6-7H2,1H3,(H,14,19). The Kier molecular flexibility index (Phi) is 3.12. The average Bonchev–Trinajstić information content (AvgIpc) is 3.01. The lowest BCUT2D eigenvalue weighted by Gasteiger charge is -2.07. The number of fused-ring (bicyclic) bond motifs is 1. The van der Waals surface area contributed by atoms with E-state index in [4.69, 9.17) is 26.4 Å². The largest absolute Gasteiger partial charge is 0.485 e. The number of nitrogens with one attached hydrogen (secondary N) is 1. The first-order valence-electron chi connectivity index (χ1n) is 5.94. The van der Waals surface area contributed by atoms with E-state index in [1.54, 1.807) is 6.07 Å². The predicted octanol–water partition coefficient (Wildman–Crippen LogP) is 2.27. The van der Waals surface area contributed by atoms with Crippen LogP contribution in [0.2, 0.25) is 0 Å². The number of H-pyrrole nitrogens is 1. The van der Waals surface area contributed by atoms with Gasteiger partial charge in [0, 0.05) is 12.6 Å². The molecule has 0 bridgehead atoms. The van der Waals surface area contributed by atoms with Crippen molar-refractivity contribution in [3.63, 3.8) is 0 Å². The number of rotatable bonds is 4. The zero-order chi connectivity index (χ0) is 13.2. The van der Waals surface area contributed by atoms with Gasteiger partial charge in [-0.1, -0.05) is 0 Å². The molecular formula is C12H13N3O3S. The van der Waals surface area contributed by atoms with Gasteiger partial charge in [0.2, 0.25) is 6.79 Å². The van der Waals surface area contributed by atoms with E-state index in [1.165, 1.54) is 0 Å². The molecule has 0 radical (unpaired) electrons. The molecule has 2 aromatic rings. The molecule has 0 saturated heterocycles. The Morgan fingerprint density at radius 3 is 3.11 bits per heavy atom. The van der Waals surface area contributed by atoms with E-state index in [2.05, 4.69) is 10.2 Å². The molecular weight excluding hydrogens is 266 g/mol. The molecule has 1 aromatic carbocycles. The summed E-state index contributed by atoms with van der Waals surface area (Å²) in [5, 5.41) is 6.90. The molecule has 0 amide bonds. The van der Waals surface area contributed by atoms with E-state index in [9.17, 15) is 0 Å². The summed E-state index contributed by atoms with van der Waals surface area (Å²) in [5.41, 5.74) is 0. The van der Waals surface area contributed by atoms with Crippen LogP contribution in [0.5, 0.6) is 17.2 Å². The highest BCUT2D eigenvalue weighted by Gasteiger charge is 2.14. The molecule has 1 aromatic heterocycles.